The molecule has 3 heteroatoms. The molecule has 1 aliphatic rings. The van der Waals surface area contributed by atoms with Crippen molar-refractivity contribution in [2.45, 2.75) is 38.8 Å². The number of nitrogens with zero attached hydrogens (tertiary/aromatic N) is 2. The maximum atomic E-state index is 4.21. The maximum absolute atomic E-state index is 4.21. The van der Waals surface area contributed by atoms with Crippen LogP contribution in [-0.2, 0) is 0 Å². The van der Waals surface area contributed by atoms with Gasteiger partial charge in [-0.15, -0.1) is 0 Å². The lowest BCUT2D eigenvalue weighted by molar-refractivity contribution is 0.519. The SMILES string of the molecule is CC(C)n1cncc1[C@@H]1CCCN1. The summed E-state index contributed by atoms with van der Waals surface area (Å²) in [6, 6.07) is 1.05. The Hall–Kier alpha value is -0.830. The molecule has 0 radical (unpaired) electrons. The van der Waals surface area contributed by atoms with Crippen LogP contribution >= 0.6 is 0 Å². The van der Waals surface area contributed by atoms with E-state index in [1.165, 1.54) is 18.5 Å². The summed E-state index contributed by atoms with van der Waals surface area (Å²) < 4.78 is 2.25. The monoisotopic (exact) mass is 179 g/mol. The van der Waals surface area contributed by atoms with E-state index in [9.17, 15) is 0 Å². The van der Waals surface area contributed by atoms with Gasteiger partial charge in [-0.2, -0.15) is 0 Å². The van der Waals surface area contributed by atoms with E-state index >= 15 is 0 Å². The summed E-state index contributed by atoms with van der Waals surface area (Å²) in [7, 11) is 0. The molecule has 0 saturated carbocycles. The van der Waals surface area contributed by atoms with Gasteiger partial charge in [-0.3, -0.25) is 0 Å². The zero-order chi connectivity index (χ0) is 9.26. The van der Waals surface area contributed by atoms with Crippen LogP contribution in [0, 0.1) is 0 Å². The van der Waals surface area contributed by atoms with Crippen molar-refractivity contribution in [1.29, 1.82) is 0 Å². The molecule has 2 heterocycles. The molecule has 72 valence electrons. The van der Waals surface area contributed by atoms with Gasteiger partial charge in [-0.05, 0) is 33.2 Å². The molecule has 1 N–H and O–H groups in total. The van der Waals surface area contributed by atoms with E-state index in [1.54, 1.807) is 0 Å². The van der Waals surface area contributed by atoms with Gasteiger partial charge in [0.2, 0.25) is 0 Å². The quantitative estimate of drug-likeness (QED) is 0.751. The number of rotatable bonds is 2. The van der Waals surface area contributed by atoms with Crippen molar-refractivity contribution in [2.75, 3.05) is 6.54 Å². The van der Waals surface area contributed by atoms with Crippen LogP contribution in [0.3, 0.4) is 0 Å². The van der Waals surface area contributed by atoms with Crippen LogP contribution in [0.1, 0.15) is 44.5 Å². The van der Waals surface area contributed by atoms with Gasteiger partial charge in [0.25, 0.3) is 0 Å². The molecule has 0 aromatic carbocycles. The van der Waals surface area contributed by atoms with Crippen molar-refractivity contribution in [2.24, 2.45) is 0 Å². The third kappa shape index (κ3) is 1.61. The first-order valence-electron chi connectivity index (χ1n) is 5.04. The molecule has 13 heavy (non-hydrogen) atoms. The van der Waals surface area contributed by atoms with E-state index < -0.39 is 0 Å². The van der Waals surface area contributed by atoms with Gasteiger partial charge in [-0.1, -0.05) is 0 Å². The minimum absolute atomic E-state index is 0.514. The number of imidazole rings is 1. The first-order valence-corrected chi connectivity index (χ1v) is 5.04. The van der Waals surface area contributed by atoms with Gasteiger partial charge in [0.15, 0.2) is 0 Å². The Morgan fingerprint density at radius 1 is 1.62 bits per heavy atom. The molecule has 1 aromatic heterocycles. The van der Waals surface area contributed by atoms with Crippen molar-refractivity contribution in [3.63, 3.8) is 0 Å². The smallest absolute Gasteiger partial charge is 0.0951 e. The predicted molar refractivity (Wildman–Crippen MR) is 52.6 cm³/mol. The van der Waals surface area contributed by atoms with Crippen LogP contribution in [0.25, 0.3) is 0 Å². The van der Waals surface area contributed by atoms with E-state index in [2.05, 4.69) is 28.7 Å². The molecule has 0 amide bonds. The Bertz CT molecular complexity index is 271. The fourth-order valence-corrected chi connectivity index (χ4v) is 1.95. The molecule has 0 bridgehead atoms. The van der Waals surface area contributed by atoms with Crippen LogP contribution in [0.4, 0.5) is 0 Å². The summed E-state index contributed by atoms with van der Waals surface area (Å²) in [6.45, 7) is 5.54. The zero-order valence-corrected chi connectivity index (χ0v) is 8.33. The molecule has 0 aliphatic carbocycles. The van der Waals surface area contributed by atoms with Gasteiger partial charge < -0.3 is 9.88 Å². The van der Waals surface area contributed by atoms with Crippen molar-refractivity contribution < 1.29 is 0 Å². The van der Waals surface area contributed by atoms with Crippen LogP contribution in [0.2, 0.25) is 0 Å². The highest BCUT2D eigenvalue weighted by atomic mass is 15.1. The average molecular weight is 179 g/mol. The van der Waals surface area contributed by atoms with Gasteiger partial charge >= 0.3 is 0 Å². The molecule has 1 fully saturated rings. The van der Waals surface area contributed by atoms with Crippen molar-refractivity contribution >= 4 is 0 Å². The molecule has 1 saturated heterocycles. The normalized spacial score (nSPS) is 22.8. The van der Waals surface area contributed by atoms with E-state index in [-0.39, 0.29) is 0 Å². The minimum Gasteiger partial charge on any atom is -0.331 e. The summed E-state index contributed by atoms with van der Waals surface area (Å²) in [5.41, 5.74) is 1.34. The lowest BCUT2D eigenvalue weighted by Gasteiger charge is -2.16. The Morgan fingerprint density at radius 2 is 2.46 bits per heavy atom. The van der Waals surface area contributed by atoms with E-state index in [0.717, 1.165) is 6.54 Å². The molecule has 0 unspecified atom stereocenters. The lowest BCUT2D eigenvalue weighted by atomic mass is 10.1. The number of hydrogen-bond acceptors (Lipinski definition) is 2. The van der Waals surface area contributed by atoms with Crippen LogP contribution in [0.15, 0.2) is 12.5 Å². The highest BCUT2D eigenvalue weighted by molar-refractivity contribution is 5.07. The molecule has 2 rings (SSSR count). The topological polar surface area (TPSA) is 29.9 Å². The van der Waals surface area contributed by atoms with Crippen LogP contribution in [-0.4, -0.2) is 16.1 Å². The largest absolute Gasteiger partial charge is 0.331 e. The summed E-state index contributed by atoms with van der Waals surface area (Å²) in [5.74, 6) is 0. The minimum atomic E-state index is 0.514. The van der Waals surface area contributed by atoms with Crippen molar-refractivity contribution in [1.82, 2.24) is 14.9 Å². The van der Waals surface area contributed by atoms with Gasteiger partial charge in [0.1, 0.15) is 0 Å². The highest BCUT2D eigenvalue weighted by Gasteiger charge is 2.20. The molecule has 3 nitrogen and oxygen atoms in total. The summed E-state index contributed by atoms with van der Waals surface area (Å²) in [4.78, 5) is 4.21. The zero-order valence-electron chi connectivity index (χ0n) is 8.33. The summed E-state index contributed by atoms with van der Waals surface area (Å²) in [6.07, 6.45) is 6.45. The van der Waals surface area contributed by atoms with Gasteiger partial charge in [-0.25, -0.2) is 4.98 Å². The van der Waals surface area contributed by atoms with Gasteiger partial charge in [0.05, 0.1) is 12.0 Å². The first kappa shape index (κ1) is 8.75. The third-order valence-corrected chi connectivity index (χ3v) is 2.67. The van der Waals surface area contributed by atoms with Crippen molar-refractivity contribution in [3.8, 4) is 0 Å². The number of nitrogens with one attached hydrogen (secondary N) is 1. The average Bonchev–Trinajstić information content (AvgIpc) is 2.74. The van der Waals surface area contributed by atoms with E-state index in [1.807, 2.05) is 12.5 Å². The first-order chi connectivity index (χ1) is 6.29. The molecule has 0 spiro atoms. The van der Waals surface area contributed by atoms with Crippen LogP contribution < -0.4 is 5.32 Å². The molecule has 1 atom stereocenters. The second-order valence-corrected chi connectivity index (χ2v) is 3.97. The Balaban J connectivity index is 2.23. The number of hydrogen-bond donors (Lipinski definition) is 1. The fourth-order valence-electron chi connectivity index (χ4n) is 1.95. The Morgan fingerprint density at radius 3 is 3.08 bits per heavy atom. The molecular formula is C10H17N3. The predicted octanol–water partition coefficient (Wildman–Crippen LogP) is 1.89. The highest BCUT2D eigenvalue weighted by Crippen LogP contribution is 2.24. The second kappa shape index (κ2) is 3.50. The maximum Gasteiger partial charge on any atom is 0.0951 e. The second-order valence-electron chi connectivity index (χ2n) is 3.97. The third-order valence-electron chi connectivity index (χ3n) is 2.67. The lowest BCUT2D eigenvalue weighted by Crippen LogP contribution is -2.17. The summed E-state index contributed by atoms with van der Waals surface area (Å²) in [5, 5.41) is 3.49. The Labute approximate surface area is 79.2 Å². The summed E-state index contributed by atoms with van der Waals surface area (Å²) >= 11 is 0. The molecule has 1 aliphatic heterocycles. The van der Waals surface area contributed by atoms with Gasteiger partial charge in [0, 0.05) is 18.3 Å². The molecular weight excluding hydrogens is 162 g/mol. The Kier molecular flexibility index (Phi) is 2.36. The number of aromatic nitrogens is 2. The molecule has 1 aromatic rings. The standard InChI is InChI=1S/C10H17N3/c1-8(2)13-7-11-6-10(13)9-4-3-5-12-9/h6-9,12H,3-5H2,1-2H3/t9-/m0/s1. The van der Waals surface area contributed by atoms with E-state index in [4.69, 9.17) is 0 Å². The van der Waals surface area contributed by atoms with E-state index in [0.29, 0.717) is 12.1 Å². The van der Waals surface area contributed by atoms with Crippen molar-refractivity contribution in [3.05, 3.63) is 18.2 Å². The van der Waals surface area contributed by atoms with Crippen LogP contribution in [0.5, 0.6) is 0 Å². The fraction of sp³-hybridized carbons (Fsp3) is 0.700.